The number of oxazole rings is 1. The van der Waals surface area contributed by atoms with Crippen LogP contribution in [0.5, 0.6) is 0 Å². The maximum atomic E-state index is 12.1. The first-order valence-corrected chi connectivity index (χ1v) is 8.31. The highest BCUT2D eigenvalue weighted by atomic mass is 32.2. The predicted octanol–water partition coefficient (Wildman–Crippen LogP) is 2.96. The zero-order valence-corrected chi connectivity index (χ0v) is 13.9. The van der Waals surface area contributed by atoms with E-state index in [4.69, 9.17) is 14.6 Å². The van der Waals surface area contributed by atoms with Gasteiger partial charge in [0.05, 0.1) is 16.9 Å². The monoisotopic (exact) mass is 372 g/mol. The van der Waals surface area contributed by atoms with Gasteiger partial charge in [0.15, 0.2) is 5.58 Å². The molecule has 0 unspecified atom stereocenters. The lowest BCUT2D eigenvalue weighted by molar-refractivity contribution is -0.113. The van der Waals surface area contributed by atoms with Gasteiger partial charge in [-0.2, -0.15) is 0 Å². The number of carbonyl (C=O) groups excluding carboxylic acids is 1. The van der Waals surface area contributed by atoms with E-state index in [0.717, 1.165) is 17.8 Å². The van der Waals surface area contributed by atoms with E-state index in [-0.39, 0.29) is 22.6 Å². The lowest BCUT2D eigenvalue weighted by Crippen LogP contribution is -2.15. The molecule has 0 spiro atoms. The third-order valence-electron chi connectivity index (χ3n) is 3.31. The zero-order valence-electron chi connectivity index (χ0n) is 13.1. The normalized spacial score (nSPS) is 10.6. The molecule has 0 fully saturated rings. The number of thioether (sulfide) groups is 1. The number of aromatic carboxylic acids is 2. The third-order valence-corrected chi connectivity index (χ3v) is 4.14. The number of hydrogen-bond donors (Lipinski definition) is 3. The van der Waals surface area contributed by atoms with Crippen LogP contribution in [0.1, 0.15) is 20.7 Å². The van der Waals surface area contributed by atoms with Gasteiger partial charge in [0.2, 0.25) is 5.91 Å². The molecule has 0 saturated heterocycles. The van der Waals surface area contributed by atoms with E-state index in [2.05, 4.69) is 10.3 Å². The SMILES string of the molecule is O=C(CSc1nc2ccccc2o1)Nc1cc(C(=O)O)cc(C(=O)O)c1. The number of carboxylic acids is 2. The van der Waals surface area contributed by atoms with Gasteiger partial charge in [-0.15, -0.1) is 0 Å². The molecule has 0 saturated carbocycles. The van der Waals surface area contributed by atoms with Crippen molar-refractivity contribution < 1.29 is 29.0 Å². The van der Waals surface area contributed by atoms with Gasteiger partial charge in [-0.25, -0.2) is 14.6 Å². The van der Waals surface area contributed by atoms with Gasteiger partial charge in [0.1, 0.15) is 5.52 Å². The van der Waals surface area contributed by atoms with Crippen molar-refractivity contribution >= 4 is 46.4 Å². The molecule has 8 nitrogen and oxygen atoms in total. The highest BCUT2D eigenvalue weighted by molar-refractivity contribution is 7.99. The van der Waals surface area contributed by atoms with Gasteiger partial charge in [-0.05, 0) is 30.3 Å². The van der Waals surface area contributed by atoms with Crippen molar-refractivity contribution in [1.82, 2.24) is 4.98 Å². The second kappa shape index (κ2) is 7.28. The Hall–Kier alpha value is -3.33. The van der Waals surface area contributed by atoms with Gasteiger partial charge in [-0.3, -0.25) is 4.79 Å². The van der Waals surface area contributed by atoms with Gasteiger partial charge in [-0.1, -0.05) is 23.9 Å². The van der Waals surface area contributed by atoms with Crippen LogP contribution in [0.15, 0.2) is 52.1 Å². The van der Waals surface area contributed by atoms with E-state index >= 15 is 0 Å². The minimum atomic E-state index is -1.29. The minimum absolute atomic E-state index is 0.0352. The van der Waals surface area contributed by atoms with Gasteiger partial charge in [0.25, 0.3) is 5.22 Å². The summed E-state index contributed by atoms with van der Waals surface area (Å²) in [5, 5.41) is 20.9. The van der Waals surface area contributed by atoms with E-state index in [1.165, 1.54) is 12.1 Å². The topological polar surface area (TPSA) is 130 Å². The molecule has 9 heteroatoms. The van der Waals surface area contributed by atoms with Crippen LogP contribution < -0.4 is 5.32 Å². The number of aromatic nitrogens is 1. The van der Waals surface area contributed by atoms with Crippen LogP contribution in [0.4, 0.5) is 5.69 Å². The van der Waals surface area contributed by atoms with Crippen LogP contribution in [0.25, 0.3) is 11.1 Å². The number of fused-ring (bicyclic) bond motifs is 1. The molecule has 3 rings (SSSR count). The number of nitrogens with zero attached hydrogens (tertiary/aromatic N) is 1. The first-order valence-electron chi connectivity index (χ1n) is 7.32. The molecule has 1 aromatic heterocycles. The number of amides is 1. The number of anilines is 1. The second-order valence-electron chi connectivity index (χ2n) is 5.19. The van der Waals surface area contributed by atoms with Crippen molar-refractivity contribution in [3.8, 4) is 0 Å². The van der Waals surface area contributed by atoms with E-state index in [0.29, 0.717) is 16.3 Å². The van der Waals surface area contributed by atoms with Crippen molar-refractivity contribution in [2.24, 2.45) is 0 Å². The molecule has 3 aromatic rings. The fourth-order valence-corrected chi connectivity index (χ4v) is 2.82. The number of hydrogen-bond acceptors (Lipinski definition) is 6. The Bertz CT molecular complexity index is 948. The molecular weight excluding hydrogens is 360 g/mol. The molecular formula is C17H12N2O6S. The van der Waals surface area contributed by atoms with E-state index in [9.17, 15) is 14.4 Å². The van der Waals surface area contributed by atoms with Crippen molar-refractivity contribution in [2.75, 3.05) is 11.1 Å². The van der Waals surface area contributed by atoms with Crippen molar-refractivity contribution in [2.45, 2.75) is 5.22 Å². The average Bonchev–Trinajstić information content (AvgIpc) is 3.02. The number of rotatable bonds is 6. The smallest absolute Gasteiger partial charge is 0.335 e. The Labute approximate surface area is 150 Å². The molecule has 132 valence electrons. The molecule has 3 N–H and O–H groups in total. The summed E-state index contributed by atoms with van der Waals surface area (Å²) in [6, 6.07) is 10.6. The molecule has 0 atom stereocenters. The summed E-state index contributed by atoms with van der Waals surface area (Å²) >= 11 is 1.07. The number of carboxylic acid groups (broad SMARTS) is 2. The first kappa shape index (κ1) is 17.5. The first-order chi connectivity index (χ1) is 12.4. The van der Waals surface area contributed by atoms with Crippen LogP contribution >= 0.6 is 11.8 Å². The molecule has 0 aliphatic heterocycles. The molecule has 1 heterocycles. The summed E-state index contributed by atoms with van der Waals surface area (Å²) in [5.74, 6) is -3.06. The fraction of sp³-hybridized carbons (Fsp3) is 0.0588. The van der Waals surface area contributed by atoms with Gasteiger partial charge in [0, 0.05) is 5.69 Å². The lowest BCUT2D eigenvalue weighted by Gasteiger charge is -2.07. The summed E-state index contributed by atoms with van der Waals surface area (Å²) in [6.07, 6.45) is 0. The Morgan fingerprint density at radius 2 is 1.69 bits per heavy atom. The fourth-order valence-electron chi connectivity index (χ4n) is 2.18. The molecule has 0 radical (unpaired) electrons. The molecule has 26 heavy (non-hydrogen) atoms. The predicted molar refractivity (Wildman–Crippen MR) is 93.7 cm³/mol. The van der Waals surface area contributed by atoms with Crippen LogP contribution in [-0.2, 0) is 4.79 Å². The quantitative estimate of drug-likeness (QED) is 0.563. The number of para-hydroxylation sites is 2. The molecule has 0 aliphatic carbocycles. The van der Waals surface area contributed by atoms with Crippen LogP contribution in [0, 0.1) is 0 Å². The van der Waals surface area contributed by atoms with Gasteiger partial charge >= 0.3 is 11.9 Å². The van der Waals surface area contributed by atoms with Gasteiger partial charge < -0.3 is 19.9 Å². The lowest BCUT2D eigenvalue weighted by atomic mass is 10.1. The summed E-state index contributed by atoms with van der Waals surface area (Å²) in [4.78, 5) is 38.5. The van der Waals surface area contributed by atoms with Crippen molar-refractivity contribution in [3.63, 3.8) is 0 Å². The zero-order chi connectivity index (χ0) is 18.7. The highest BCUT2D eigenvalue weighted by Crippen LogP contribution is 2.23. The summed E-state index contributed by atoms with van der Waals surface area (Å²) < 4.78 is 5.49. The molecule has 2 aromatic carbocycles. The Balaban J connectivity index is 1.69. The second-order valence-corrected chi connectivity index (χ2v) is 6.12. The Morgan fingerprint density at radius 1 is 1.04 bits per heavy atom. The maximum absolute atomic E-state index is 12.1. The molecule has 1 amide bonds. The van der Waals surface area contributed by atoms with E-state index < -0.39 is 17.8 Å². The minimum Gasteiger partial charge on any atom is -0.478 e. The van der Waals surface area contributed by atoms with Crippen molar-refractivity contribution in [1.29, 1.82) is 0 Å². The van der Waals surface area contributed by atoms with Crippen LogP contribution in [0.3, 0.4) is 0 Å². The number of benzene rings is 2. The molecule has 0 aliphatic rings. The molecule has 0 bridgehead atoms. The Kier molecular flexibility index (Phi) is 4.90. The maximum Gasteiger partial charge on any atom is 0.335 e. The van der Waals surface area contributed by atoms with E-state index in [1.54, 1.807) is 12.1 Å². The van der Waals surface area contributed by atoms with Crippen LogP contribution in [0.2, 0.25) is 0 Å². The number of carbonyl (C=O) groups is 3. The summed E-state index contributed by atoms with van der Waals surface area (Å²) in [6.45, 7) is 0. The summed E-state index contributed by atoms with van der Waals surface area (Å²) in [7, 11) is 0. The van der Waals surface area contributed by atoms with Crippen molar-refractivity contribution in [3.05, 3.63) is 53.6 Å². The largest absolute Gasteiger partial charge is 0.478 e. The Morgan fingerprint density at radius 3 is 2.31 bits per heavy atom. The van der Waals surface area contributed by atoms with Crippen LogP contribution in [-0.4, -0.2) is 38.8 Å². The average molecular weight is 372 g/mol. The standard InChI is InChI=1S/C17H12N2O6S/c20-14(8-26-17-19-12-3-1-2-4-13(12)25-17)18-11-6-9(15(21)22)5-10(7-11)16(23)24/h1-7H,8H2,(H,18,20)(H,21,22)(H,23,24). The third kappa shape index (κ3) is 4.01. The summed E-state index contributed by atoms with van der Waals surface area (Å²) in [5.41, 5.74) is 0.912. The van der Waals surface area contributed by atoms with E-state index in [1.807, 2.05) is 12.1 Å². The highest BCUT2D eigenvalue weighted by Gasteiger charge is 2.14. The number of nitrogens with one attached hydrogen (secondary N) is 1.